The molecule has 0 N–H and O–H groups in total. The molecule has 0 aromatic heterocycles. The molecule has 24 heavy (non-hydrogen) atoms. The van der Waals surface area contributed by atoms with E-state index in [1.54, 1.807) is 12.1 Å². The van der Waals surface area contributed by atoms with Crippen LogP contribution in [0.5, 0.6) is 0 Å². The fraction of sp³-hybridized carbons (Fsp3) is 0.350. The summed E-state index contributed by atoms with van der Waals surface area (Å²) in [5, 5.41) is 0. The molecule has 0 aliphatic carbocycles. The second kappa shape index (κ2) is 7.14. The molecule has 1 amide bonds. The summed E-state index contributed by atoms with van der Waals surface area (Å²) in [4.78, 5) is 16.9. The first-order chi connectivity index (χ1) is 11.6. The summed E-state index contributed by atoms with van der Waals surface area (Å²) in [6, 6.07) is 14.4. The largest absolute Gasteiger partial charge is 0.310 e. The van der Waals surface area contributed by atoms with Crippen molar-refractivity contribution >= 4 is 11.6 Å². The van der Waals surface area contributed by atoms with E-state index in [0.29, 0.717) is 13.1 Å². The van der Waals surface area contributed by atoms with E-state index < -0.39 is 0 Å². The third-order valence-corrected chi connectivity index (χ3v) is 4.74. The van der Waals surface area contributed by atoms with Gasteiger partial charge in [-0.05, 0) is 42.7 Å². The highest BCUT2D eigenvalue weighted by Gasteiger charge is 2.32. The van der Waals surface area contributed by atoms with Crippen molar-refractivity contribution in [1.29, 1.82) is 0 Å². The topological polar surface area (TPSA) is 23.6 Å². The lowest BCUT2D eigenvalue weighted by molar-refractivity contribution is -0.125. The van der Waals surface area contributed by atoms with Crippen molar-refractivity contribution in [1.82, 2.24) is 4.90 Å². The SMILES string of the molecule is CCc1ccccc1N1CCN(Cc2ccc(F)cc2)[C@H](C)C1=O. The summed E-state index contributed by atoms with van der Waals surface area (Å²) in [5.41, 5.74) is 3.25. The van der Waals surface area contributed by atoms with Gasteiger partial charge in [-0.25, -0.2) is 4.39 Å². The van der Waals surface area contributed by atoms with E-state index >= 15 is 0 Å². The normalized spacial score (nSPS) is 18.9. The Labute approximate surface area is 142 Å². The quantitative estimate of drug-likeness (QED) is 0.857. The lowest BCUT2D eigenvalue weighted by Crippen LogP contribution is -2.55. The van der Waals surface area contributed by atoms with E-state index in [1.165, 1.54) is 17.7 Å². The highest BCUT2D eigenvalue weighted by atomic mass is 19.1. The molecule has 3 rings (SSSR count). The highest BCUT2D eigenvalue weighted by molar-refractivity contribution is 5.98. The minimum absolute atomic E-state index is 0.129. The van der Waals surface area contributed by atoms with Crippen molar-refractivity contribution in [3.05, 3.63) is 65.5 Å². The van der Waals surface area contributed by atoms with Crippen LogP contribution in [0.25, 0.3) is 0 Å². The predicted molar refractivity (Wildman–Crippen MR) is 94.4 cm³/mol. The van der Waals surface area contributed by atoms with E-state index in [2.05, 4.69) is 17.9 Å². The van der Waals surface area contributed by atoms with Gasteiger partial charge in [-0.1, -0.05) is 37.3 Å². The fourth-order valence-corrected chi connectivity index (χ4v) is 3.27. The van der Waals surface area contributed by atoms with E-state index in [1.807, 2.05) is 30.0 Å². The van der Waals surface area contributed by atoms with E-state index in [4.69, 9.17) is 0 Å². The molecule has 3 nitrogen and oxygen atoms in total. The number of nitrogens with zero attached hydrogens (tertiary/aromatic N) is 2. The molecule has 1 aliphatic rings. The Kier molecular flexibility index (Phi) is 4.95. The zero-order chi connectivity index (χ0) is 17.1. The predicted octanol–water partition coefficient (Wildman–Crippen LogP) is 3.63. The number of carbonyl (C=O) groups excluding carboxylic acids is 1. The molecule has 0 saturated carbocycles. The van der Waals surface area contributed by atoms with Crippen LogP contribution >= 0.6 is 0 Å². The van der Waals surface area contributed by atoms with Crippen LogP contribution in [-0.4, -0.2) is 29.9 Å². The molecule has 2 aromatic rings. The molecule has 1 aliphatic heterocycles. The molecule has 1 atom stereocenters. The second-order valence-corrected chi connectivity index (χ2v) is 6.25. The van der Waals surface area contributed by atoms with E-state index in [-0.39, 0.29) is 17.8 Å². The lowest BCUT2D eigenvalue weighted by Gasteiger charge is -2.39. The minimum Gasteiger partial charge on any atom is -0.310 e. The maximum atomic E-state index is 13.0. The molecule has 1 fully saturated rings. The maximum absolute atomic E-state index is 13.0. The van der Waals surface area contributed by atoms with Gasteiger partial charge >= 0.3 is 0 Å². The van der Waals surface area contributed by atoms with Gasteiger partial charge in [0, 0.05) is 25.3 Å². The Morgan fingerprint density at radius 3 is 2.50 bits per heavy atom. The lowest BCUT2D eigenvalue weighted by atomic mass is 10.1. The van der Waals surface area contributed by atoms with Crippen molar-refractivity contribution < 1.29 is 9.18 Å². The Bertz CT molecular complexity index is 714. The number of para-hydroxylation sites is 1. The summed E-state index contributed by atoms with van der Waals surface area (Å²) >= 11 is 0. The summed E-state index contributed by atoms with van der Waals surface area (Å²) in [6.45, 7) is 6.21. The smallest absolute Gasteiger partial charge is 0.244 e. The Balaban J connectivity index is 1.75. The number of aryl methyl sites for hydroxylation is 1. The third-order valence-electron chi connectivity index (χ3n) is 4.74. The van der Waals surface area contributed by atoms with Crippen LogP contribution in [0.1, 0.15) is 25.0 Å². The maximum Gasteiger partial charge on any atom is 0.244 e. The van der Waals surface area contributed by atoms with E-state index in [0.717, 1.165) is 24.2 Å². The van der Waals surface area contributed by atoms with Crippen LogP contribution in [0.2, 0.25) is 0 Å². The number of benzene rings is 2. The number of piperazine rings is 1. The second-order valence-electron chi connectivity index (χ2n) is 6.25. The number of carbonyl (C=O) groups is 1. The van der Waals surface area contributed by atoms with Gasteiger partial charge in [0.05, 0.1) is 6.04 Å². The molecule has 126 valence electrons. The molecule has 0 spiro atoms. The Morgan fingerprint density at radius 2 is 1.79 bits per heavy atom. The number of amides is 1. The molecule has 2 aromatic carbocycles. The molecular weight excluding hydrogens is 303 g/mol. The summed E-state index contributed by atoms with van der Waals surface area (Å²) in [7, 11) is 0. The van der Waals surface area contributed by atoms with Gasteiger partial charge in [0.1, 0.15) is 5.82 Å². The number of rotatable bonds is 4. The zero-order valence-corrected chi connectivity index (χ0v) is 14.2. The fourth-order valence-electron chi connectivity index (χ4n) is 3.27. The van der Waals surface area contributed by atoms with Crippen molar-refractivity contribution in [3.63, 3.8) is 0 Å². The van der Waals surface area contributed by atoms with Crippen LogP contribution in [0, 0.1) is 5.82 Å². The van der Waals surface area contributed by atoms with Crippen molar-refractivity contribution in [3.8, 4) is 0 Å². The van der Waals surface area contributed by atoms with Crippen LogP contribution in [0.15, 0.2) is 48.5 Å². The third kappa shape index (κ3) is 3.34. The minimum atomic E-state index is -0.233. The highest BCUT2D eigenvalue weighted by Crippen LogP contribution is 2.25. The first kappa shape index (κ1) is 16.7. The van der Waals surface area contributed by atoms with Gasteiger partial charge in [-0.2, -0.15) is 0 Å². The van der Waals surface area contributed by atoms with Gasteiger partial charge in [0.25, 0.3) is 0 Å². The van der Waals surface area contributed by atoms with Crippen LogP contribution in [0.4, 0.5) is 10.1 Å². The van der Waals surface area contributed by atoms with Gasteiger partial charge in [0.2, 0.25) is 5.91 Å². The monoisotopic (exact) mass is 326 g/mol. The van der Waals surface area contributed by atoms with Gasteiger partial charge in [-0.15, -0.1) is 0 Å². The van der Waals surface area contributed by atoms with Crippen molar-refractivity contribution in [2.75, 3.05) is 18.0 Å². The number of anilines is 1. The molecule has 0 radical (unpaired) electrons. The summed E-state index contributed by atoms with van der Waals surface area (Å²) in [5.74, 6) is -0.104. The van der Waals surface area contributed by atoms with Gasteiger partial charge in [0.15, 0.2) is 0 Å². The molecule has 1 heterocycles. The van der Waals surface area contributed by atoms with Gasteiger partial charge in [-0.3, -0.25) is 9.69 Å². The molecular formula is C20H23FN2O. The van der Waals surface area contributed by atoms with Crippen LogP contribution in [-0.2, 0) is 17.8 Å². The number of halogens is 1. The molecule has 0 bridgehead atoms. The zero-order valence-electron chi connectivity index (χ0n) is 14.2. The first-order valence-electron chi connectivity index (χ1n) is 8.48. The Hall–Kier alpha value is -2.20. The average Bonchev–Trinajstić information content (AvgIpc) is 2.61. The summed E-state index contributed by atoms with van der Waals surface area (Å²) < 4.78 is 13.0. The van der Waals surface area contributed by atoms with Crippen molar-refractivity contribution in [2.24, 2.45) is 0 Å². The van der Waals surface area contributed by atoms with Crippen molar-refractivity contribution in [2.45, 2.75) is 32.9 Å². The van der Waals surface area contributed by atoms with E-state index in [9.17, 15) is 9.18 Å². The summed E-state index contributed by atoms with van der Waals surface area (Å²) in [6.07, 6.45) is 0.910. The molecule has 4 heteroatoms. The number of hydrogen-bond acceptors (Lipinski definition) is 2. The Morgan fingerprint density at radius 1 is 1.08 bits per heavy atom. The standard InChI is InChI=1S/C20H23FN2O/c1-3-17-6-4-5-7-19(17)23-13-12-22(15(2)20(23)24)14-16-8-10-18(21)11-9-16/h4-11,15H,3,12-14H2,1-2H3/t15-/m1/s1. The molecule has 1 saturated heterocycles. The van der Waals surface area contributed by atoms with Crippen LogP contribution < -0.4 is 4.90 Å². The molecule has 0 unspecified atom stereocenters. The number of hydrogen-bond donors (Lipinski definition) is 0. The first-order valence-corrected chi connectivity index (χ1v) is 8.48. The van der Waals surface area contributed by atoms with Gasteiger partial charge < -0.3 is 4.90 Å². The van der Waals surface area contributed by atoms with Crippen LogP contribution in [0.3, 0.4) is 0 Å². The average molecular weight is 326 g/mol.